The van der Waals surface area contributed by atoms with E-state index in [0.29, 0.717) is 64.5 Å². The lowest BCUT2D eigenvalue weighted by atomic mass is 9.78. The lowest BCUT2D eigenvalue weighted by Crippen LogP contribution is -2.66. The summed E-state index contributed by atoms with van der Waals surface area (Å²) in [5.74, 6) is -10.7. The van der Waals surface area contributed by atoms with Gasteiger partial charge in [-0.15, -0.1) is 11.6 Å². The SMILES string of the molecule is CC[C@H](C)[C@@H]1NC(=O)[C@H](CC(C)C)N(C)C(=O)C[C@@H](C(=O)N2CCCCC2)N(C)C(=O)[C@H](C(C)C)N(C)C(=O)C2(CCCC2)NC(=O)[C@@H]2CCCN2C(=O)[C@H](CCC2CCC(C(F)(F)F)C(Cl)C2)NC(=O)CN(C)C(=O)[C@H](CC2CCCCC2)N(C)C(=O)[C@@H]2CCN2C(=O)[C@H](C2CC2)N(C)C1=O. The van der Waals surface area contributed by atoms with Gasteiger partial charge in [-0.2, -0.15) is 13.2 Å². The first-order valence-electron chi connectivity index (χ1n) is 38.2. The van der Waals surface area contributed by atoms with Gasteiger partial charge in [-0.05, 0) is 145 Å². The monoisotopic (exact) mass is 1460 g/mol. The Hall–Kier alpha value is -6.28. The van der Waals surface area contributed by atoms with Gasteiger partial charge >= 0.3 is 6.18 Å². The molecule has 8 fully saturated rings. The number of nitrogens with zero attached hydrogens (tertiary/aromatic N) is 9. The van der Waals surface area contributed by atoms with Crippen molar-refractivity contribution in [3.63, 3.8) is 0 Å². The number of likely N-dealkylation sites (N-methyl/N-ethyl adjacent to an activating group) is 6. The Labute approximate surface area is 607 Å². The fraction of sp³-hybridized carbons (Fsp3) is 0.838. The lowest BCUT2D eigenvalue weighted by molar-refractivity contribution is -0.182. The molecular formula is C74H118ClF3N12O12. The topological polar surface area (TPSA) is 270 Å². The summed E-state index contributed by atoms with van der Waals surface area (Å²) in [5.41, 5.74) is -1.56. The Morgan fingerprint density at radius 2 is 1.23 bits per heavy atom. The maximum atomic E-state index is 15.5. The molecule has 4 aliphatic heterocycles. The predicted molar refractivity (Wildman–Crippen MR) is 377 cm³/mol. The quantitative estimate of drug-likeness (QED) is 0.177. The molecule has 0 aromatic heterocycles. The molecule has 24 nitrogen and oxygen atoms in total. The minimum absolute atomic E-state index is 0.00310. The van der Waals surface area contributed by atoms with E-state index in [1.165, 1.54) is 81.5 Å². The number of hydrogen-bond acceptors (Lipinski definition) is 12. The number of likely N-dealkylation sites (tertiary alicyclic amines) is 1. The van der Waals surface area contributed by atoms with Gasteiger partial charge in [0.15, 0.2) is 0 Å². The highest BCUT2D eigenvalue weighted by atomic mass is 35.5. The van der Waals surface area contributed by atoms with Crippen LogP contribution in [0, 0.1) is 41.4 Å². The van der Waals surface area contributed by atoms with Crippen LogP contribution in [-0.4, -0.2) is 261 Å². The van der Waals surface area contributed by atoms with E-state index in [1.54, 1.807) is 18.7 Å². The molecule has 0 aromatic rings. The molecule has 574 valence electrons. The highest BCUT2D eigenvalue weighted by Gasteiger charge is 2.54. The van der Waals surface area contributed by atoms with Gasteiger partial charge in [0.25, 0.3) is 0 Å². The summed E-state index contributed by atoms with van der Waals surface area (Å²) >= 11 is 6.42. The van der Waals surface area contributed by atoms with Crippen molar-refractivity contribution in [2.24, 2.45) is 41.4 Å². The standard InChI is InChI=1S/C74H118ClF3N12O12/c1-13-46(6)60-69(99)86(11)62(49-28-29-49)71(101)90-38-32-54(90)67(97)84(9)56(41-47-23-16-14-17-24-47)66(96)82(7)43-58(91)79-52(31-27-48-26-30-50(51(75)40-48)74(76,77)78)65(95)89-37-22-25-53(89)64(94)81-73(33-18-19-34-73)72(102)87(12)61(45(4)5)70(100)85(10)57(68(98)88-35-20-15-21-36-88)42-59(92)83(8)55(39-44(2)3)63(93)80-60/h44-57,60-62H,13-43H2,1-12H3,(H,79,91)(H,80,93)(H,81,94)/t46-,48?,50?,51?,52-,53-,54-,55-,56-,57-,60-,61-,62-/m0/s1. The summed E-state index contributed by atoms with van der Waals surface area (Å²) < 4.78 is 42.1. The third kappa shape index (κ3) is 19.0. The van der Waals surface area contributed by atoms with Crippen molar-refractivity contribution >= 4 is 82.5 Å². The highest BCUT2D eigenvalue weighted by molar-refractivity contribution is 6.21. The number of halogens is 4. The van der Waals surface area contributed by atoms with Crippen LogP contribution in [0.4, 0.5) is 13.2 Å². The summed E-state index contributed by atoms with van der Waals surface area (Å²) in [6.07, 6.45) is 5.92. The number of piperidine rings is 1. The molecule has 4 saturated carbocycles. The van der Waals surface area contributed by atoms with Crippen molar-refractivity contribution < 1.29 is 70.7 Å². The zero-order valence-electron chi connectivity index (χ0n) is 62.7. The first kappa shape index (κ1) is 81.4. The third-order valence-electron chi connectivity index (χ3n) is 24.1. The van der Waals surface area contributed by atoms with Gasteiger partial charge < -0.3 is 60.0 Å². The number of hydrogen-bond donors (Lipinski definition) is 3. The van der Waals surface area contributed by atoms with Crippen LogP contribution in [-0.2, 0) is 57.5 Å². The van der Waals surface area contributed by atoms with E-state index in [4.69, 9.17) is 11.6 Å². The summed E-state index contributed by atoms with van der Waals surface area (Å²) in [6.45, 7) is 11.4. The number of fused-ring (bicyclic) bond motifs is 2. The fourth-order valence-electron chi connectivity index (χ4n) is 17.3. The molecule has 3 N–H and O–H groups in total. The van der Waals surface area contributed by atoms with Crippen LogP contribution in [0.25, 0.3) is 0 Å². The zero-order chi connectivity index (χ0) is 75.0. The average Bonchev–Trinajstić information content (AvgIpc) is 1.45. The van der Waals surface area contributed by atoms with E-state index in [1.807, 2.05) is 27.7 Å². The van der Waals surface area contributed by atoms with Gasteiger partial charge in [0.05, 0.1) is 18.9 Å². The molecule has 0 bridgehead atoms. The number of rotatable bonds is 12. The molecular weight excluding hydrogens is 1340 g/mol. The Balaban J connectivity index is 1.17. The van der Waals surface area contributed by atoms with Gasteiger partial charge in [-0.1, -0.05) is 92.9 Å². The summed E-state index contributed by atoms with van der Waals surface area (Å²) in [5, 5.41) is 7.70. The smallest absolute Gasteiger partial charge is 0.343 e. The molecule has 0 aromatic carbocycles. The molecule has 1 spiro atoms. The third-order valence-corrected chi connectivity index (χ3v) is 24.6. The molecule has 12 amide bonds. The normalized spacial score (nSPS) is 31.4. The molecule has 8 aliphatic rings. The van der Waals surface area contributed by atoms with E-state index in [9.17, 15) is 18.0 Å². The van der Waals surface area contributed by atoms with E-state index in [2.05, 4.69) is 16.0 Å². The first-order chi connectivity index (χ1) is 48.1. The van der Waals surface area contributed by atoms with Crippen molar-refractivity contribution in [1.82, 2.24) is 60.0 Å². The number of carbonyl (C=O) groups excluding carboxylic acids is 12. The van der Waals surface area contributed by atoms with Gasteiger partial charge in [0.2, 0.25) is 70.9 Å². The van der Waals surface area contributed by atoms with Crippen molar-refractivity contribution in [2.45, 2.75) is 280 Å². The van der Waals surface area contributed by atoms with Crippen LogP contribution < -0.4 is 16.0 Å². The van der Waals surface area contributed by atoms with Crippen LogP contribution in [0.5, 0.6) is 0 Å². The van der Waals surface area contributed by atoms with Crippen molar-refractivity contribution in [3.05, 3.63) is 0 Å². The minimum Gasteiger partial charge on any atom is -0.343 e. The molecule has 28 heteroatoms. The molecule has 4 heterocycles. The second-order valence-corrected chi connectivity index (χ2v) is 32.7. The molecule has 4 saturated heterocycles. The van der Waals surface area contributed by atoms with E-state index in [0.717, 1.165) is 38.5 Å². The number of alkyl halides is 4. The maximum absolute atomic E-state index is 15.5. The van der Waals surface area contributed by atoms with E-state index >= 15 is 52.7 Å². The van der Waals surface area contributed by atoms with Crippen LogP contribution in [0.15, 0.2) is 0 Å². The van der Waals surface area contributed by atoms with E-state index < -0.39 is 173 Å². The van der Waals surface area contributed by atoms with Crippen LogP contribution >= 0.6 is 11.6 Å². The Morgan fingerprint density at radius 1 is 0.588 bits per heavy atom. The molecule has 4 aliphatic carbocycles. The van der Waals surface area contributed by atoms with Crippen molar-refractivity contribution in [1.29, 1.82) is 0 Å². The number of amides is 12. The summed E-state index contributed by atoms with van der Waals surface area (Å²) in [6, 6.07) is -10.6. The maximum Gasteiger partial charge on any atom is 0.393 e. The lowest BCUT2D eigenvalue weighted by Gasteiger charge is -2.46. The predicted octanol–water partition coefficient (Wildman–Crippen LogP) is 6.48. The van der Waals surface area contributed by atoms with Gasteiger partial charge in [0.1, 0.15) is 59.9 Å². The molecule has 8 rings (SSSR count). The van der Waals surface area contributed by atoms with Crippen LogP contribution in [0.3, 0.4) is 0 Å². The molecule has 0 radical (unpaired) electrons. The molecule has 102 heavy (non-hydrogen) atoms. The minimum atomic E-state index is -4.51. The molecule has 13 atom stereocenters. The van der Waals surface area contributed by atoms with Crippen LogP contribution in [0.2, 0.25) is 0 Å². The summed E-state index contributed by atoms with van der Waals surface area (Å²) in [4.78, 5) is 194. The fourth-order valence-corrected chi connectivity index (χ4v) is 17.8. The first-order valence-corrected chi connectivity index (χ1v) is 38.7. The average molecular weight is 1460 g/mol. The summed E-state index contributed by atoms with van der Waals surface area (Å²) in [7, 11) is 8.82. The van der Waals surface area contributed by atoms with Gasteiger partial charge in [-0.3, -0.25) is 57.5 Å². The molecule has 3 unspecified atom stereocenters. The second-order valence-electron chi connectivity index (χ2n) is 32.2. The highest BCUT2D eigenvalue weighted by Crippen LogP contribution is 2.44. The number of carbonyl (C=O) groups is 12. The Bertz CT molecular complexity index is 3030. The zero-order valence-corrected chi connectivity index (χ0v) is 63.4. The van der Waals surface area contributed by atoms with Crippen LogP contribution in [0.1, 0.15) is 208 Å². The van der Waals surface area contributed by atoms with E-state index in [-0.39, 0.29) is 107 Å². The largest absolute Gasteiger partial charge is 0.393 e. The van der Waals surface area contributed by atoms with Crippen molar-refractivity contribution in [2.75, 3.05) is 75.0 Å². The van der Waals surface area contributed by atoms with Gasteiger partial charge in [-0.25, -0.2) is 0 Å². The Morgan fingerprint density at radius 3 is 1.80 bits per heavy atom. The Kier molecular flexibility index (Phi) is 28.1. The van der Waals surface area contributed by atoms with Gasteiger partial charge in [0, 0.05) is 73.8 Å². The van der Waals surface area contributed by atoms with Crippen molar-refractivity contribution in [3.8, 4) is 0 Å². The number of nitrogens with one attached hydrogen (secondary N) is 3. The second kappa shape index (κ2) is 35.2.